The van der Waals surface area contributed by atoms with Crippen molar-refractivity contribution < 1.29 is 65.2 Å². The Hall–Kier alpha value is -2.39. The predicted molar refractivity (Wildman–Crippen MR) is 108 cm³/mol. The van der Waals surface area contributed by atoms with Crippen molar-refractivity contribution in [2.45, 2.75) is 11.4 Å². The second-order valence-electron chi connectivity index (χ2n) is 5.92. The minimum Gasteiger partial charge on any atom is -1.00 e. The number of carbonyl (C=O) groups is 4. The summed E-state index contributed by atoms with van der Waals surface area (Å²) in [5, 5.41) is 25.0. The molecule has 1 aromatic heterocycles. The zero-order valence-corrected chi connectivity index (χ0v) is 19.7. The van der Waals surface area contributed by atoms with E-state index in [9.17, 15) is 24.3 Å². The van der Waals surface area contributed by atoms with Crippen molar-refractivity contribution in [1.29, 1.82) is 0 Å². The number of hydrogen-bond donors (Lipinski definition) is 4. The third-order valence-electron chi connectivity index (χ3n) is 4.06. The van der Waals surface area contributed by atoms with Crippen molar-refractivity contribution >= 4 is 57.7 Å². The van der Waals surface area contributed by atoms with Gasteiger partial charge in [-0.15, -0.1) is 23.1 Å². The zero-order chi connectivity index (χ0) is 22.0. The number of nitrogens with two attached hydrogens (primary N) is 1. The van der Waals surface area contributed by atoms with Crippen LogP contribution >= 0.6 is 23.1 Å². The van der Waals surface area contributed by atoms with Crippen molar-refractivity contribution in [3.05, 3.63) is 35.0 Å². The number of thioether (sulfide) groups is 1. The van der Waals surface area contributed by atoms with Crippen LogP contribution in [0.5, 0.6) is 0 Å². The molecule has 15 heteroatoms. The van der Waals surface area contributed by atoms with Crippen LogP contribution in [-0.2, 0) is 24.0 Å². The number of nitrogens with one attached hydrogen (secondary N) is 1. The van der Waals surface area contributed by atoms with Crippen LogP contribution in [0.25, 0.3) is 0 Å². The van der Waals surface area contributed by atoms with Crippen molar-refractivity contribution in [1.82, 2.24) is 15.2 Å². The molecule has 0 saturated carbocycles. The van der Waals surface area contributed by atoms with Crippen molar-refractivity contribution in [2.24, 2.45) is 5.16 Å². The summed E-state index contributed by atoms with van der Waals surface area (Å²) in [6.07, 6.45) is 1.38. The number of anilines is 1. The predicted octanol–water partition coefficient (Wildman–Crippen LogP) is -3.43. The minimum atomic E-state index is -1.30. The third kappa shape index (κ3) is 5.10. The van der Waals surface area contributed by atoms with Gasteiger partial charge in [-0.1, -0.05) is 17.8 Å². The molecule has 0 aromatic carbocycles. The number of allylic oxidation sites excluding steroid dienone is 1. The Bertz CT molecular complexity index is 1010. The molecular formula is C16H16N5NaO7S2. The molecule has 3 heterocycles. The Morgan fingerprint density at radius 2 is 2.19 bits per heavy atom. The van der Waals surface area contributed by atoms with Crippen LogP contribution in [0.15, 0.2) is 34.5 Å². The smallest absolute Gasteiger partial charge is 1.00 e. The quantitative estimate of drug-likeness (QED) is 0.127. The van der Waals surface area contributed by atoms with Crippen LogP contribution in [0, 0.1) is 0 Å². The average Bonchev–Trinajstić information content (AvgIpc) is 3.13. The van der Waals surface area contributed by atoms with Gasteiger partial charge in [0.25, 0.3) is 11.8 Å². The average molecular weight is 477 g/mol. The first kappa shape index (κ1) is 24.9. The number of carboxylic acids is 2. The SMILES string of the molecule is C=CC1=C(C(=O)O)N2C(=O)[C@@H](NC(=O)C(=NOCC(=O)O)c3csc(N)n3)[C@H]2SC1.[H-].[Na+]. The fourth-order valence-corrected chi connectivity index (χ4v) is 4.65. The molecule has 2 atom stereocenters. The Morgan fingerprint density at radius 1 is 1.48 bits per heavy atom. The van der Waals surface area contributed by atoms with E-state index < -0.39 is 41.8 Å². The zero-order valence-electron chi connectivity index (χ0n) is 17.1. The molecule has 0 spiro atoms. The second kappa shape index (κ2) is 10.3. The van der Waals surface area contributed by atoms with Gasteiger partial charge >= 0.3 is 41.5 Å². The molecule has 3 rings (SSSR count). The molecule has 0 radical (unpaired) electrons. The molecule has 160 valence electrons. The molecule has 31 heavy (non-hydrogen) atoms. The topological polar surface area (TPSA) is 185 Å². The first-order chi connectivity index (χ1) is 14.2. The summed E-state index contributed by atoms with van der Waals surface area (Å²) >= 11 is 2.30. The van der Waals surface area contributed by atoms with Crippen LogP contribution in [0.3, 0.4) is 0 Å². The van der Waals surface area contributed by atoms with Crippen molar-refractivity contribution in [2.75, 3.05) is 18.1 Å². The van der Waals surface area contributed by atoms with Gasteiger partial charge in [0.1, 0.15) is 22.8 Å². The van der Waals surface area contributed by atoms with E-state index in [0.717, 1.165) is 16.2 Å². The first-order valence-corrected chi connectivity index (χ1v) is 10.1. The maximum atomic E-state index is 12.7. The Labute approximate surface area is 207 Å². The van der Waals surface area contributed by atoms with E-state index in [1.165, 1.54) is 23.2 Å². The molecule has 2 aliphatic heterocycles. The minimum absolute atomic E-state index is 0. The van der Waals surface area contributed by atoms with Gasteiger partial charge in [-0.3, -0.25) is 14.5 Å². The molecule has 0 aliphatic carbocycles. The van der Waals surface area contributed by atoms with E-state index in [1.807, 2.05) is 0 Å². The normalized spacial score (nSPS) is 20.2. The number of carbonyl (C=O) groups excluding carboxylic acids is 2. The van der Waals surface area contributed by atoms with E-state index >= 15 is 0 Å². The number of oxime groups is 1. The number of amides is 2. The van der Waals surface area contributed by atoms with Gasteiger partial charge in [0, 0.05) is 11.1 Å². The molecule has 12 nitrogen and oxygen atoms in total. The number of aromatic nitrogens is 1. The van der Waals surface area contributed by atoms with Crippen LogP contribution in [0.1, 0.15) is 7.12 Å². The van der Waals surface area contributed by atoms with Crippen molar-refractivity contribution in [3.8, 4) is 0 Å². The number of carboxylic acid groups (broad SMARTS) is 2. The molecule has 0 unspecified atom stereocenters. The summed E-state index contributed by atoms with van der Waals surface area (Å²) in [6.45, 7) is 2.77. The third-order valence-corrected chi connectivity index (χ3v) is 6.03. The van der Waals surface area contributed by atoms with Gasteiger partial charge < -0.3 is 27.5 Å². The molecule has 1 saturated heterocycles. The van der Waals surface area contributed by atoms with Gasteiger partial charge in [0.05, 0.1) is 0 Å². The number of β-lactam (4-membered cyclic amide) rings is 1. The fraction of sp³-hybridized carbons (Fsp3) is 0.250. The molecule has 0 bridgehead atoms. The Kier molecular flexibility index (Phi) is 8.25. The van der Waals surface area contributed by atoms with Crippen LogP contribution < -0.4 is 40.6 Å². The summed E-state index contributed by atoms with van der Waals surface area (Å²) in [7, 11) is 0. The van der Waals surface area contributed by atoms with E-state index in [4.69, 9.17) is 10.8 Å². The van der Waals surface area contributed by atoms with Gasteiger partial charge in [-0.05, 0) is 5.57 Å². The molecule has 1 aromatic rings. The van der Waals surface area contributed by atoms with E-state index in [-0.39, 0.29) is 53.2 Å². The van der Waals surface area contributed by atoms with Crippen LogP contribution in [0.2, 0.25) is 0 Å². The van der Waals surface area contributed by atoms with Crippen LogP contribution in [-0.4, -0.2) is 73.3 Å². The maximum absolute atomic E-state index is 12.7. The summed E-state index contributed by atoms with van der Waals surface area (Å²) in [6, 6.07) is -1.01. The van der Waals surface area contributed by atoms with Gasteiger partial charge in [0.2, 0.25) is 6.61 Å². The number of rotatable bonds is 8. The number of fused-ring (bicyclic) bond motifs is 1. The maximum Gasteiger partial charge on any atom is 1.00 e. The first-order valence-electron chi connectivity index (χ1n) is 8.22. The number of nitrogens with zero attached hydrogens (tertiary/aromatic N) is 3. The monoisotopic (exact) mass is 477 g/mol. The molecular weight excluding hydrogens is 461 g/mol. The standard InChI is InChI=1S/C16H15N5O7S2.Na.H/c1-2-6-4-29-14-10(13(25)21(14)11(6)15(26)27)19-12(24)9(20-28-3-8(22)23)7-5-30-16(17)18-7;;/h2,5,10,14H,1,3-4H2,(H2,17,18)(H,19,24)(H,22,23)(H,26,27);;/q;+1;-1/t10-,14-;;/m1../s1. The summed E-state index contributed by atoms with van der Waals surface area (Å²) in [5.41, 5.74) is 5.48. The number of aliphatic carboxylic acids is 2. The van der Waals surface area contributed by atoms with E-state index in [0.29, 0.717) is 11.3 Å². The van der Waals surface area contributed by atoms with Gasteiger partial charge in [-0.2, -0.15) is 0 Å². The summed E-state index contributed by atoms with van der Waals surface area (Å²) < 4.78 is 0. The number of hydrogen-bond acceptors (Lipinski definition) is 10. The van der Waals surface area contributed by atoms with E-state index in [2.05, 4.69) is 26.9 Å². The number of nitrogen functional groups attached to an aromatic ring is 1. The molecule has 2 amide bonds. The van der Waals surface area contributed by atoms with Crippen LogP contribution in [0.4, 0.5) is 5.13 Å². The Morgan fingerprint density at radius 3 is 2.74 bits per heavy atom. The van der Waals surface area contributed by atoms with E-state index in [1.54, 1.807) is 0 Å². The van der Waals surface area contributed by atoms with Gasteiger partial charge in [-0.25, -0.2) is 14.6 Å². The summed E-state index contributed by atoms with van der Waals surface area (Å²) in [5.74, 6) is -3.72. The second-order valence-corrected chi connectivity index (χ2v) is 7.92. The molecule has 2 aliphatic rings. The fourth-order valence-electron chi connectivity index (χ4n) is 2.76. The summed E-state index contributed by atoms with van der Waals surface area (Å²) in [4.78, 5) is 57.1. The molecule has 1 fully saturated rings. The van der Waals surface area contributed by atoms with Gasteiger partial charge in [0.15, 0.2) is 10.8 Å². The Balaban J connectivity index is 0.00000256. The largest absolute Gasteiger partial charge is 1.00 e. The van der Waals surface area contributed by atoms with Crippen molar-refractivity contribution in [3.63, 3.8) is 0 Å². The molecule has 5 N–H and O–H groups in total. The number of thiazole rings is 1.